The van der Waals surface area contributed by atoms with Gasteiger partial charge in [0, 0.05) is 6.04 Å². The minimum atomic E-state index is 0.0451. The fraction of sp³-hybridized carbons (Fsp3) is 0.400. The van der Waals surface area contributed by atoms with Gasteiger partial charge in [0.1, 0.15) is 0 Å². The van der Waals surface area contributed by atoms with Crippen molar-refractivity contribution in [2.45, 2.75) is 25.5 Å². The van der Waals surface area contributed by atoms with Crippen LogP contribution in [0.3, 0.4) is 0 Å². The molecule has 0 radical (unpaired) electrons. The van der Waals surface area contributed by atoms with Crippen LogP contribution in [-0.2, 0) is 6.61 Å². The maximum Gasteiger partial charge on any atom is 0.0682 e. The topological polar surface area (TPSA) is 32.3 Å². The number of halogens is 1. The summed E-state index contributed by atoms with van der Waals surface area (Å²) in [6.45, 7) is 0.0451. The lowest BCUT2D eigenvalue weighted by molar-refractivity contribution is 0.282. The molecule has 13 heavy (non-hydrogen) atoms. The number of aliphatic hydroxyl groups is 1. The van der Waals surface area contributed by atoms with E-state index in [9.17, 15) is 0 Å². The third-order valence-corrected chi connectivity index (χ3v) is 2.47. The molecule has 1 saturated carbocycles. The van der Waals surface area contributed by atoms with Crippen LogP contribution in [0.2, 0.25) is 5.02 Å². The zero-order valence-corrected chi connectivity index (χ0v) is 8.01. The highest BCUT2D eigenvalue weighted by atomic mass is 35.5. The molecule has 1 aliphatic carbocycles. The molecule has 2 N–H and O–H groups in total. The maximum absolute atomic E-state index is 8.87. The van der Waals surface area contributed by atoms with Crippen LogP contribution in [0.15, 0.2) is 18.2 Å². The SMILES string of the molecule is OCc1ccc(NC2CC2)c(Cl)c1. The average molecular weight is 198 g/mol. The summed E-state index contributed by atoms with van der Waals surface area (Å²) in [7, 11) is 0. The van der Waals surface area contributed by atoms with E-state index in [1.165, 1.54) is 12.8 Å². The first-order chi connectivity index (χ1) is 6.29. The molecule has 3 heteroatoms. The highest BCUT2D eigenvalue weighted by molar-refractivity contribution is 6.33. The number of nitrogens with one attached hydrogen (secondary N) is 1. The normalized spacial score (nSPS) is 15.8. The van der Waals surface area contributed by atoms with Gasteiger partial charge in [-0.2, -0.15) is 0 Å². The molecule has 0 spiro atoms. The van der Waals surface area contributed by atoms with Crippen LogP contribution in [0.1, 0.15) is 18.4 Å². The van der Waals surface area contributed by atoms with Gasteiger partial charge in [-0.25, -0.2) is 0 Å². The number of anilines is 1. The summed E-state index contributed by atoms with van der Waals surface area (Å²) in [5, 5.41) is 12.9. The number of hydrogen-bond acceptors (Lipinski definition) is 2. The zero-order valence-electron chi connectivity index (χ0n) is 7.26. The van der Waals surface area contributed by atoms with Crippen molar-refractivity contribution in [1.29, 1.82) is 0 Å². The Kier molecular flexibility index (Phi) is 2.42. The van der Waals surface area contributed by atoms with Gasteiger partial charge in [0.2, 0.25) is 0 Å². The predicted octanol–water partition coefficient (Wildman–Crippen LogP) is 2.41. The Balaban J connectivity index is 2.15. The van der Waals surface area contributed by atoms with Crippen molar-refractivity contribution >= 4 is 17.3 Å². The van der Waals surface area contributed by atoms with Crippen LogP contribution >= 0.6 is 11.6 Å². The lowest BCUT2D eigenvalue weighted by Crippen LogP contribution is -2.01. The van der Waals surface area contributed by atoms with Crippen molar-refractivity contribution in [1.82, 2.24) is 0 Å². The van der Waals surface area contributed by atoms with Gasteiger partial charge >= 0.3 is 0 Å². The van der Waals surface area contributed by atoms with E-state index in [1.807, 2.05) is 12.1 Å². The fourth-order valence-electron chi connectivity index (χ4n) is 1.22. The molecule has 0 aromatic heterocycles. The standard InChI is InChI=1S/C10H12ClNO/c11-9-5-7(6-13)1-4-10(9)12-8-2-3-8/h1,4-5,8,12-13H,2-3,6H2. The third kappa shape index (κ3) is 2.14. The van der Waals surface area contributed by atoms with E-state index in [4.69, 9.17) is 16.7 Å². The van der Waals surface area contributed by atoms with Crippen LogP contribution in [0.5, 0.6) is 0 Å². The highest BCUT2D eigenvalue weighted by Crippen LogP contribution is 2.29. The first-order valence-corrected chi connectivity index (χ1v) is 4.83. The number of hydrogen-bond donors (Lipinski definition) is 2. The molecule has 0 atom stereocenters. The molecule has 0 amide bonds. The molecule has 1 aromatic rings. The molecule has 1 aliphatic rings. The summed E-state index contributed by atoms with van der Waals surface area (Å²) in [6.07, 6.45) is 2.47. The second kappa shape index (κ2) is 3.56. The van der Waals surface area contributed by atoms with Crippen LogP contribution in [-0.4, -0.2) is 11.1 Å². The molecule has 1 fully saturated rings. The van der Waals surface area contributed by atoms with Crippen molar-refractivity contribution in [3.63, 3.8) is 0 Å². The van der Waals surface area contributed by atoms with Crippen LogP contribution in [0.4, 0.5) is 5.69 Å². The van der Waals surface area contributed by atoms with Crippen molar-refractivity contribution in [2.75, 3.05) is 5.32 Å². The van der Waals surface area contributed by atoms with E-state index in [0.29, 0.717) is 11.1 Å². The zero-order chi connectivity index (χ0) is 9.26. The van der Waals surface area contributed by atoms with Crippen LogP contribution in [0, 0.1) is 0 Å². The fourth-order valence-corrected chi connectivity index (χ4v) is 1.48. The predicted molar refractivity (Wildman–Crippen MR) is 54.0 cm³/mol. The van der Waals surface area contributed by atoms with E-state index in [-0.39, 0.29) is 6.61 Å². The van der Waals surface area contributed by atoms with Gasteiger partial charge in [-0.15, -0.1) is 0 Å². The molecule has 2 rings (SSSR count). The summed E-state index contributed by atoms with van der Waals surface area (Å²) in [5.74, 6) is 0. The monoisotopic (exact) mass is 197 g/mol. The van der Waals surface area contributed by atoms with Crippen molar-refractivity contribution < 1.29 is 5.11 Å². The van der Waals surface area contributed by atoms with Crippen LogP contribution in [0.25, 0.3) is 0 Å². The van der Waals surface area contributed by atoms with Gasteiger partial charge in [-0.05, 0) is 30.5 Å². The van der Waals surface area contributed by atoms with E-state index >= 15 is 0 Å². The van der Waals surface area contributed by atoms with Gasteiger partial charge in [-0.3, -0.25) is 0 Å². The van der Waals surface area contributed by atoms with Crippen LogP contribution < -0.4 is 5.32 Å². The molecule has 0 aliphatic heterocycles. The molecule has 1 aromatic carbocycles. The van der Waals surface area contributed by atoms with E-state index in [1.54, 1.807) is 6.07 Å². The number of rotatable bonds is 3. The van der Waals surface area contributed by atoms with Crippen molar-refractivity contribution in [3.8, 4) is 0 Å². The minimum absolute atomic E-state index is 0.0451. The minimum Gasteiger partial charge on any atom is -0.392 e. The van der Waals surface area contributed by atoms with Gasteiger partial charge < -0.3 is 10.4 Å². The van der Waals surface area contributed by atoms with E-state index < -0.39 is 0 Å². The average Bonchev–Trinajstić information content (AvgIpc) is 2.92. The molecular weight excluding hydrogens is 186 g/mol. The van der Waals surface area contributed by atoms with Gasteiger partial charge in [0.25, 0.3) is 0 Å². The Labute approximate surface area is 82.5 Å². The largest absolute Gasteiger partial charge is 0.392 e. The summed E-state index contributed by atoms with van der Waals surface area (Å²) < 4.78 is 0. The Morgan fingerprint density at radius 3 is 2.77 bits per heavy atom. The number of benzene rings is 1. The molecule has 0 heterocycles. The molecule has 0 saturated heterocycles. The lowest BCUT2D eigenvalue weighted by atomic mass is 10.2. The molecule has 70 valence electrons. The summed E-state index contributed by atoms with van der Waals surface area (Å²) in [6, 6.07) is 6.21. The van der Waals surface area contributed by atoms with Gasteiger partial charge in [0.05, 0.1) is 17.3 Å². The second-order valence-electron chi connectivity index (χ2n) is 3.39. The Hall–Kier alpha value is -0.730. The quantitative estimate of drug-likeness (QED) is 0.780. The summed E-state index contributed by atoms with van der Waals surface area (Å²) in [5.41, 5.74) is 1.83. The first kappa shape index (κ1) is 8.85. The first-order valence-electron chi connectivity index (χ1n) is 4.45. The Morgan fingerprint density at radius 2 is 2.23 bits per heavy atom. The van der Waals surface area contributed by atoms with Crippen molar-refractivity contribution in [3.05, 3.63) is 28.8 Å². The van der Waals surface area contributed by atoms with Gasteiger partial charge in [-0.1, -0.05) is 17.7 Å². The summed E-state index contributed by atoms with van der Waals surface area (Å²) >= 11 is 6.01. The molecule has 0 bridgehead atoms. The molecule has 2 nitrogen and oxygen atoms in total. The molecular formula is C10H12ClNO. The van der Waals surface area contributed by atoms with E-state index in [2.05, 4.69) is 5.32 Å². The van der Waals surface area contributed by atoms with Gasteiger partial charge in [0.15, 0.2) is 0 Å². The number of aliphatic hydroxyl groups excluding tert-OH is 1. The van der Waals surface area contributed by atoms with E-state index in [0.717, 1.165) is 11.3 Å². The smallest absolute Gasteiger partial charge is 0.0682 e. The summed E-state index contributed by atoms with van der Waals surface area (Å²) in [4.78, 5) is 0. The molecule has 0 unspecified atom stereocenters. The third-order valence-electron chi connectivity index (χ3n) is 2.15. The maximum atomic E-state index is 8.87. The van der Waals surface area contributed by atoms with Crippen molar-refractivity contribution in [2.24, 2.45) is 0 Å². The highest BCUT2D eigenvalue weighted by Gasteiger charge is 2.21. The Bertz CT molecular complexity index is 310. The lowest BCUT2D eigenvalue weighted by Gasteiger charge is -2.07. The second-order valence-corrected chi connectivity index (χ2v) is 3.80. The Morgan fingerprint density at radius 1 is 1.46 bits per heavy atom.